The van der Waals surface area contributed by atoms with E-state index in [1.807, 2.05) is 27.7 Å². The quantitative estimate of drug-likeness (QED) is 0.849. The maximum atomic E-state index is 12.8. The second-order valence-electron chi connectivity index (χ2n) is 6.34. The second kappa shape index (κ2) is 7.94. The molecule has 3 N–H and O–H groups in total. The van der Waals surface area contributed by atoms with Crippen molar-refractivity contribution in [1.29, 1.82) is 0 Å². The Kier molecular flexibility index (Phi) is 6.56. The normalized spacial score (nSPS) is 13.6. The molecule has 0 fully saturated rings. The predicted molar refractivity (Wildman–Crippen MR) is 86.6 cm³/mol. The summed E-state index contributed by atoms with van der Waals surface area (Å²) in [4.78, 5) is 12.0. The number of nitrogens with two attached hydrogens (primary N) is 1. The van der Waals surface area contributed by atoms with Crippen molar-refractivity contribution in [2.75, 3.05) is 13.2 Å². The van der Waals surface area contributed by atoms with Crippen LogP contribution in [-0.4, -0.2) is 24.6 Å². The van der Waals surface area contributed by atoms with Gasteiger partial charge in [-0.2, -0.15) is 0 Å². The van der Waals surface area contributed by atoms with Crippen LogP contribution in [0.3, 0.4) is 0 Å². The van der Waals surface area contributed by atoms with Crippen molar-refractivity contribution in [1.82, 2.24) is 5.32 Å². The molecule has 122 valence electrons. The van der Waals surface area contributed by atoms with Crippen LogP contribution >= 0.6 is 0 Å². The highest BCUT2D eigenvalue weighted by molar-refractivity contribution is 5.94. The van der Waals surface area contributed by atoms with Gasteiger partial charge < -0.3 is 15.8 Å². The van der Waals surface area contributed by atoms with E-state index in [0.29, 0.717) is 29.8 Å². The van der Waals surface area contributed by atoms with Crippen LogP contribution in [0.2, 0.25) is 0 Å². The van der Waals surface area contributed by atoms with Crippen LogP contribution in [-0.2, 0) is 0 Å². The van der Waals surface area contributed by atoms with Crippen LogP contribution in [0.5, 0.6) is 5.75 Å². The van der Waals surface area contributed by atoms with Crippen LogP contribution in [0.1, 0.15) is 38.1 Å². The smallest absolute Gasteiger partial charge is 0.251 e. The molecule has 0 aliphatic rings. The number of amides is 1. The van der Waals surface area contributed by atoms with Crippen molar-refractivity contribution in [2.45, 2.75) is 33.2 Å². The summed E-state index contributed by atoms with van der Waals surface area (Å²) in [7, 11) is 0. The molecule has 1 aromatic rings. The van der Waals surface area contributed by atoms with E-state index in [-0.39, 0.29) is 24.0 Å². The molecule has 0 spiro atoms. The van der Waals surface area contributed by atoms with Crippen molar-refractivity contribution < 1.29 is 13.9 Å². The van der Waals surface area contributed by atoms with E-state index in [0.717, 1.165) is 0 Å². The maximum Gasteiger partial charge on any atom is 0.251 e. The fourth-order valence-electron chi connectivity index (χ4n) is 1.71. The first-order chi connectivity index (χ1) is 10.3. The number of benzene rings is 1. The van der Waals surface area contributed by atoms with E-state index in [2.05, 4.69) is 5.32 Å². The molecule has 1 unspecified atom stereocenters. The number of hydrogen-bond acceptors (Lipinski definition) is 3. The predicted octanol–water partition coefficient (Wildman–Crippen LogP) is 3.04. The van der Waals surface area contributed by atoms with E-state index in [9.17, 15) is 9.18 Å². The number of carbonyl (C=O) groups excluding carboxylic acids is 1. The van der Waals surface area contributed by atoms with Crippen molar-refractivity contribution in [2.24, 2.45) is 11.7 Å². The lowest BCUT2D eigenvalue weighted by molar-refractivity contribution is 0.0919. The summed E-state index contributed by atoms with van der Waals surface area (Å²) in [6.07, 6.45) is 0.544. The number of hydrogen-bond donors (Lipinski definition) is 2. The Hall–Kier alpha value is -1.88. The third-order valence-electron chi connectivity index (χ3n) is 3.14. The summed E-state index contributed by atoms with van der Waals surface area (Å²) in [5, 5.41) is 2.88. The van der Waals surface area contributed by atoms with E-state index in [4.69, 9.17) is 10.5 Å². The molecule has 0 saturated carbocycles. The molecule has 22 heavy (non-hydrogen) atoms. The standard InChI is InChI=1S/C17H25FN2O2/c1-12(10-19)14(9-18)11-22-15-7-5-13(6-8-15)16(21)20-17(2,3)4/h5-9,12H,10-11,19H2,1-4H3,(H,20,21)/b14-9-. The largest absolute Gasteiger partial charge is 0.489 e. The van der Waals surface area contributed by atoms with Gasteiger partial charge in [-0.25, -0.2) is 4.39 Å². The molecule has 0 aliphatic carbocycles. The van der Waals surface area contributed by atoms with Crippen LogP contribution in [0.4, 0.5) is 4.39 Å². The van der Waals surface area contributed by atoms with Gasteiger partial charge in [0.2, 0.25) is 0 Å². The van der Waals surface area contributed by atoms with Crippen LogP contribution in [0, 0.1) is 5.92 Å². The van der Waals surface area contributed by atoms with E-state index in [1.54, 1.807) is 24.3 Å². The molecule has 0 bridgehead atoms. The van der Waals surface area contributed by atoms with Gasteiger partial charge in [0.1, 0.15) is 12.4 Å². The molecular formula is C17H25FN2O2. The van der Waals surface area contributed by atoms with Gasteiger partial charge in [0.25, 0.3) is 5.91 Å². The van der Waals surface area contributed by atoms with Crippen LogP contribution in [0.15, 0.2) is 36.2 Å². The van der Waals surface area contributed by atoms with Gasteiger partial charge in [0, 0.05) is 11.1 Å². The number of rotatable bonds is 6. The van der Waals surface area contributed by atoms with Gasteiger partial charge in [-0.3, -0.25) is 4.79 Å². The fourth-order valence-corrected chi connectivity index (χ4v) is 1.71. The molecule has 4 nitrogen and oxygen atoms in total. The van der Waals surface area contributed by atoms with Crippen molar-refractivity contribution in [3.8, 4) is 5.75 Å². The minimum atomic E-state index is -0.286. The molecule has 0 saturated heterocycles. The first kappa shape index (κ1) is 18.2. The number of nitrogens with one attached hydrogen (secondary N) is 1. The Morgan fingerprint density at radius 1 is 1.36 bits per heavy atom. The lowest BCUT2D eigenvalue weighted by Crippen LogP contribution is -2.40. The Bertz CT molecular complexity index is 518. The lowest BCUT2D eigenvalue weighted by Gasteiger charge is -2.20. The summed E-state index contributed by atoms with van der Waals surface area (Å²) < 4.78 is 18.3. The maximum absolute atomic E-state index is 12.8. The molecule has 0 heterocycles. The first-order valence-electron chi connectivity index (χ1n) is 7.31. The van der Waals surface area contributed by atoms with Gasteiger partial charge in [-0.15, -0.1) is 0 Å². The fraction of sp³-hybridized carbons (Fsp3) is 0.471. The SMILES string of the molecule is CC(CN)/C(=C\F)COc1ccc(C(=O)NC(C)(C)C)cc1. The average molecular weight is 308 g/mol. The summed E-state index contributed by atoms with van der Waals surface area (Å²) in [5.74, 6) is 0.373. The zero-order valence-corrected chi connectivity index (χ0v) is 13.7. The Labute approximate surface area is 131 Å². The highest BCUT2D eigenvalue weighted by Crippen LogP contribution is 2.16. The van der Waals surface area contributed by atoms with Crippen molar-refractivity contribution in [3.05, 3.63) is 41.7 Å². The number of carbonyl (C=O) groups is 1. The topological polar surface area (TPSA) is 64.3 Å². The first-order valence-corrected chi connectivity index (χ1v) is 7.31. The van der Waals surface area contributed by atoms with Crippen LogP contribution in [0.25, 0.3) is 0 Å². The Morgan fingerprint density at radius 2 is 1.95 bits per heavy atom. The molecule has 0 aliphatic heterocycles. The minimum Gasteiger partial charge on any atom is -0.489 e. The van der Waals surface area contributed by atoms with E-state index in [1.165, 1.54) is 0 Å². The van der Waals surface area contributed by atoms with E-state index < -0.39 is 0 Å². The van der Waals surface area contributed by atoms with Crippen LogP contribution < -0.4 is 15.8 Å². The Balaban J connectivity index is 2.64. The van der Waals surface area contributed by atoms with Gasteiger partial charge in [0.05, 0.1) is 6.33 Å². The lowest BCUT2D eigenvalue weighted by atomic mass is 10.0. The highest BCUT2D eigenvalue weighted by atomic mass is 19.1. The molecule has 1 atom stereocenters. The van der Waals surface area contributed by atoms with Gasteiger partial charge >= 0.3 is 0 Å². The Morgan fingerprint density at radius 3 is 2.41 bits per heavy atom. The minimum absolute atomic E-state index is 0.0677. The zero-order chi connectivity index (χ0) is 16.8. The number of halogens is 1. The molecule has 1 aromatic carbocycles. The van der Waals surface area contributed by atoms with Gasteiger partial charge in [0.15, 0.2) is 0 Å². The molecule has 1 rings (SSSR count). The second-order valence-corrected chi connectivity index (χ2v) is 6.34. The van der Waals surface area contributed by atoms with E-state index >= 15 is 0 Å². The molecule has 0 aromatic heterocycles. The molecule has 0 radical (unpaired) electrons. The van der Waals surface area contributed by atoms with Gasteiger partial charge in [-0.1, -0.05) is 6.92 Å². The third kappa shape index (κ3) is 5.85. The van der Waals surface area contributed by atoms with Gasteiger partial charge in [-0.05, 0) is 63.1 Å². The summed E-state index contributed by atoms with van der Waals surface area (Å²) in [5.41, 5.74) is 6.29. The van der Waals surface area contributed by atoms with Crippen molar-refractivity contribution in [3.63, 3.8) is 0 Å². The summed E-state index contributed by atoms with van der Waals surface area (Å²) in [6.45, 7) is 8.12. The molecular weight excluding hydrogens is 283 g/mol. The number of ether oxygens (including phenoxy) is 1. The monoisotopic (exact) mass is 308 g/mol. The summed E-state index contributed by atoms with van der Waals surface area (Å²) >= 11 is 0. The molecule has 5 heteroatoms. The van der Waals surface area contributed by atoms with Crippen molar-refractivity contribution >= 4 is 5.91 Å². The third-order valence-corrected chi connectivity index (χ3v) is 3.14. The average Bonchev–Trinajstić information content (AvgIpc) is 2.46. The summed E-state index contributed by atoms with van der Waals surface area (Å²) in [6, 6.07) is 6.75. The highest BCUT2D eigenvalue weighted by Gasteiger charge is 2.15. The molecule has 1 amide bonds. The zero-order valence-electron chi connectivity index (χ0n) is 13.7.